The van der Waals surface area contributed by atoms with Crippen LogP contribution in [0.2, 0.25) is 0 Å². The number of hydrogen-bond donors (Lipinski definition) is 1. The number of ketones is 1. The average molecular weight is 471 g/mol. The third-order valence-electron chi connectivity index (χ3n) is 4.56. The van der Waals surface area contributed by atoms with E-state index in [-0.39, 0.29) is 11.2 Å². The zero-order chi connectivity index (χ0) is 24.0. The van der Waals surface area contributed by atoms with E-state index in [9.17, 15) is 40.7 Å². The van der Waals surface area contributed by atoms with Gasteiger partial charge in [-0.2, -0.15) is 31.3 Å². The number of carbonyl (C=O) groups is 2. The van der Waals surface area contributed by atoms with Crippen LogP contribution in [0, 0.1) is 0 Å². The highest BCUT2D eigenvalue weighted by molar-refractivity contribution is 5.88. The molecule has 1 saturated heterocycles. The maximum absolute atomic E-state index is 12.9. The van der Waals surface area contributed by atoms with Gasteiger partial charge in [0.25, 0.3) is 5.78 Å². The van der Waals surface area contributed by atoms with Gasteiger partial charge in [0.05, 0.1) is 12.6 Å². The lowest BCUT2D eigenvalue weighted by Crippen LogP contribution is -2.35. The molecular formula is C16H15F6N5O5. The zero-order valence-electron chi connectivity index (χ0n) is 16.1. The van der Waals surface area contributed by atoms with Gasteiger partial charge in [-0.05, 0) is 0 Å². The highest BCUT2D eigenvalue weighted by atomic mass is 19.4. The van der Waals surface area contributed by atoms with Gasteiger partial charge in [0.15, 0.2) is 11.9 Å². The first kappa shape index (κ1) is 23.5. The van der Waals surface area contributed by atoms with Gasteiger partial charge < -0.3 is 15.2 Å². The van der Waals surface area contributed by atoms with Gasteiger partial charge in [-0.3, -0.25) is 14.2 Å². The Balaban J connectivity index is 2.12. The lowest BCUT2D eigenvalue weighted by Gasteiger charge is -2.19. The summed E-state index contributed by atoms with van der Waals surface area (Å²) in [5.41, 5.74) is 3.74. The van der Waals surface area contributed by atoms with Crippen LogP contribution in [-0.2, 0) is 25.6 Å². The number of ether oxygens (including phenoxy) is 2. The van der Waals surface area contributed by atoms with Gasteiger partial charge in [-0.25, -0.2) is 14.3 Å². The van der Waals surface area contributed by atoms with Crippen LogP contribution in [0.15, 0.2) is 11.0 Å². The molecule has 0 amide bonds. The van der Waals surface area contributed by atoms with E-state index in [1.54, 1.807) is 0 Å². The van der Waals surface area contributed by atoms with Crippen LogP contribution in [0.3, 0.4) is 0 Å². The highest BCUT2D eigenvalue weighted by Crippen LogP contribution is 2.36. The number of aromatic nitrogens is 4. The standard InChI is InChI=1S/C16H15F6N5O5/c1-6(28)31-9-4-8(10(29)16(20,21)22)32-12(9)27-11-7(5-24-13(23)25-11)26(14(27)30)3-2-15(17,18)19/h5,8-9,12H,2-4H2,1H3,(H2,23,24,25). The Hall–Kier alpha value is -3.17. The number of fused-ring (bicyclic) bond motifs is 1. The Labute approximate surface area is 173 Å². The SMILES string of the molecule is CC(=O)OC1CC(C(=O)C(F)(F)F)OC1n1c(=O)n(CCC(F)(F)F)c2cnc(N)nc21. The van der Waals surface area contributed by atoms with E-state index in [1.807, 2.05) is 0 Å². The number of nitrogen functional groups attached to an aromatic ring is 1. The second-order valence-corrected chi connectivity index (χ2v) is 6.87. The van der Waals surface area contributed by atoms with Gasteiger partial charge >= 0.3 is 24.0 Å². The molecule has 2 N–H and O–H groups in total. The van der Waals surface area contributed by atoms with Gasteiger partial charge in [-0.15, -0.1) is 0 Å². The molecule has 3 unspecified atom stereocenters. The largest absolute Gasteiger partial charge is 0.458 e. The van der Waals surface area contributed by atoms with E-state index >= 15 is 0 Å². The maximum Gasteiger partial charge on any atom is 0.452 e. The number of esters is 1. The molecule has 16 heteroatoms. The van der Waals surface area contributed by atoms with Crippen LogP contribution in [0.1, 0.15) is 26.0 Å². The lowest BCUT2D eigenvalue weighted by molar-refractivity contribution is -0.183. The van der Waals surface area contributed by atoms with Crippen molar-refractivity contribution in [3.8, 4) is 0 Å². The number of rotatable bonds is 5. The molecule has 0 saturated carbocycles. The minimum absolute atomic E-state index is 0.218. The van der Waals surface area contributed by atoms with Crippen molar-refractivity contribution in [1.82, 2.24) is 19.1 Å². The molecule has 0 bridgehead atoms. The minimum Gasteiger partial charge on any atom is -0.458 e. The molecule has 176 valence electrons. The number of carbonyl (C=O) groups excluding carboxylic acids is 2. The minimum atomic E-state index is -5.28. The number of nitrogens with two attached hydrogens (primary N) is 1. The van der Waals surface area contributed by atoms with Gasteiger partial charge in [0, 0.05) is 19.9 Å². The first-order valence-corrected chi connectivity index (χ1v) is 8.92. The Morgan fingerprint density at radius 3 is 2.50 bits per heavy atom. The van der Waals surface area contributed by atoms with Crippen LogP contribution in [0.4, 0.5) is 32.3 Å². The molecular weight excluding hydrogens is 456 g/mol. The van der Waals surface area contributed by atoms with Crippen molar-refractivity contribution < 1.29 is 45.4 Å². The molecule has 2 aromatic rings. The number of imidazole rings is 1. The maximum atomic E-state index is 12.9. The van der Waals surface area contributed by atoms with Gasteiger partial charge in [0.1, 0.15) is 17.7 Å². The molecule has 0 radical (unpaired) electrons. The van der Waals surface area contributed by atoms with Crippen molar-refractivity contribution in [2.45, 2.75) is 57.1 Å². The fraction of sp³-hybridized carbons (Fsp3) is 0.562. The molecule has 1 aliphatic heterocycles. The van der Waals surface area contributed by atoms with Crippen molar-refractivity contribution in [3.63, 3.8) is 0 Å². The topological polar surface area (TPSA) is 131 Å². The first-order chi connectivity index (χ1) is 14.7. The molecule has 32 heavy (non-hydrogen) atoms. The zero-order valence-corrected chi connectivity index (χ0v) is 16.1. The monoisotopic (exact) mass is 471 g/mol. The Morgan fingerprint density at radius 2 is 1.94 bits per heavy atom. The number of hydrogen-bond acceptors (Lipinski definition) is 8. The Kier molecular flexibility index (Phi) is 5.92. The summed E-state index contributed by atoms with van der Waals surface area (Å²) < 4.78 is 88.0. The van der Waals surface area contributed by atoms with Crippen LogP contribution in [-0.4, -0.2) is 55.4 Å². The average Bonchev–Trinajstić information content (AvgIpc) is 3.15. The van der Waals surface area contributed by atoms with Crippen molar-refractivity contribution in [3.05, 3.63) is 16.7 Å². The molecule has 10 nitrogen and oxygen atoms in total. The number of halogens is 6. The second kappa shape index (κ2) is 8.07. The molecule has 0 aliphatic carbocycles. The van der Waals surface area contributed by atoms with Crippen LogP contribution >= 0.6 is 0 Å². The number of nitrogens with zero attached hydrogens (tertiary/aromatic N) is 4. The lowest BCUT2D eigenvalue weighted by atomic mass is 10.1. The summed E-state index contributed by atoms with van der Waals surface area (Å²) in [6, 6.07) is 0. The van der Waals surface area contributed by atoms with Crippen molar-refractivity contribution in [2.75, 3.05) is 5.73 Å². The fourth-order valence-corrected chi connectivity index (χ4v) is 3.29. The van der Waals surface area contributed by atoms with E-state index in [4.69, 9.17) is 15.2 Å². The quantitative estimate of drug-likeness (QED) is 0.513. The summed E-state index contributed by atoms with van der Waals surface area (Å²) in [4.78, 5) is 43.4. The van der Waals surface area contributed by atoms with Gasteiger partial charge in [0.2, 0.25) is 5.95 Å². The second-order valence-electron chi connectivity index (χ2n) is 6.87. The normalized spacial score (nSPS) is 21.8. The molecule has 3 rings (SSSR count). The summed E-state index contributed by atoms with van der Waals surface area (Å²) in [6.45, 7) is 0.0699. The number of anilines is 1. The molecule has 3 atom stereocenters. The molecule has 1 aliphatic rings. The molecule has 0 aromatic carbocycles. The number of Topliss-reactive ketones (excluding diaryl/α,β-unsaturated/α-hetero) is 1. The van der Waals surface area contributed by atoms with Crippen molar-refractivity contribution in [1.29, 1.82) is 0 Å². The Bertz CT molecular complexity index is 1110. The summed E-state index contributed by atoms with van der Waals surface area (Å²) in [7, 11) is 0. The van der Waals surface area contributed by atoms with Crippen molar-refractivity contribution in [2.24, 2.45) is 0 Å². The summed E-state index contributed by atoms with van der Waals surface area (Å²) >= 11 is 0. The third-order valence-corrected chi connectivity index (χ3v) is 4.56. The third kappa shape index (κ3) is 4.68. The predicted molar refractivity (Wildman–Crippen MR) is 92.0 cm³/mol. The highest BCUT2D eigenvalue weighted by Gasteiger charge is 2.52. The number of alkyl halides is 6. The van der Waals surface area contributed by atoms with Crippen molar-refractivity contribution >= 4 is 28.9 Å². The van der Waals surface area contributed by atoms with E-state index in [2.05, 4.69) is 9.97 Å². The molecule has 1 fully saturated rings. The summed E-state index contributed by atoms with van der Waals surface area (Å²) in [5, 5.41) is 0. The van der Waals surface area contributed by atoms with Crippen LogP contribution < -0.4 is 11.4 Å². The summed E-state index contributed by atoms with van der Waals surface area (Å²) in [5.74, 6) is -3.63. The van der Waals surface area contributed by atoms with E-state index in [1.165, 1.54) is 0 Å². The fourth-order valence-electron chi connectivity index (χ4n) is 3.29. The van der Waals surface area contributed by atoms with E-state index < -0.39 is 73.6 Å². The van der Waals surface area contributed by atoms with E-state index in [0.717, 1.165) is 13.1 Å². The smallest absolute Gasteiger partial charge is 0.452 e. The Morgan fingerprint density at radius 1 is 1.28 bits per heavy atom. The first-order valence-electron chi connectivity index (χ1n) is 8.92. The van der Waals surface area contributed by atoms with Gasteiger partial charge in [-0.1, -0.05) is 0 Å². The predicted octanol–water partition coefficient (Wildman–Crippen LogP) is 1.48. The summed E-state index contributed by atoms with van der Waals surface area (Å²) in [6.07, 6.45) is -16.6. The van der Waals surface area contributed by atoms with Crippen LogP contribution in [0.25, 0.3) is 11.2 Å². The number of aryl methyl sites for hydroxylation is 1. The van der Waals surface area contributed by atoms with E-state index in [0.29, 0.717) is 9.13 Å². The molecule has 2 aromatic heterocycles. The molecule has 0 spiro atoms. The molecule has 3 heterocycles. The van der Waals surface area contributed by atoms with Crippen LogP contribution in [0.5, 0.6) is 0 Å².